The summed E-state index contributed by atoms with van der Waals surface area (Å²) >= 11 is 6.29. The van der Waals surface area contributed by atoms with Gasteiger partial charge in [0.1, 0.15) is 12.2 Å². The van der Waals surface area contributed by atoms with Crippen molar-refractivity contribution < 1.29 is 9.90 Å². The lowest BCUT2D eigenvalue weighted by Gasteiger charge is -2.15. The summed E-state index contributed by atoms with van der Waals surface area (Å²) in [6, 6.07) is 14.5. The summed E-state index contributed by atoms with van der Waals surface area (Å²) < 4.78 is 1.59. The van der Waals surface area contributed by atoms with Crippen LogP contribution in [0.1, 0.15) is 47.1 Å². The van der Waals surface area contributed by atoms with Gasteiger partial charge in [0.05, 0.1) is 33.9 Å². The Kier molecular flexibility index (Phi) is 5.26. The number of rotatable bonds is 7. The molecule has 35 heavy (non-hydrogen) atoms. The first-order valence-corrected chi connectivity index (χ1v) is 11.6. The lowest BCUT2D eigenvalue weighted by molar-refractivity contribution is 0.0697. The molecule has 2 aromatic carbocycles. The molecule has 1 unspecified atom stereocenters. The van der Waals surface area contributed by atoms with Crippen molar-refractivity contribution in [1.82, 2.24) is 35.2 Å². The Balaban J connectivity index is 1.37. The maximum atomic E-state index is 11.4. The Bertz CT molecular complexity index is 1530. The van der Waals surface area contributed by atoms with Crippen LogP contribution in [0.3, 0.4) is 0 Å². The lowest BCUT2D eigenvalue weighted by Crippen LogP contribution is -2.07. The molecule has 1 fully saturated rings. The molecule has 0 saturated heterocycles. The Morgan fingerprint density at radius 2 is 2.06 bits per heavy atom. The number of carbonyl (C=O) groups is 1. The van der Waals surface area contributed by atoms with Crippen LogP contribution in [0.15, 0.2) is 61.1 Å². The Morgan fingerprint density at radius 1 is 1.17 bits per heavy atom. The van der Waals surface area contributed by atoms with Crippen molar-refractivity contribution in [2.75, 3.05) is 0 Å². The SMILES string of the molecule is O=C(O)c1ccc2nc(C(CC3CC3)c3ccc(-c4cc(Cl)ccc4-n4cnnn4)cn3)[nH]c2c1. The highest BCUT2D eigenvalue weighted by atomic mass is 35.5. The molecule has 0 spiro atoms. The van der Waals surface area contributed by atoms with Gasteiger partial charge in [-0.1, -0.05) is 30.5 Å². The van der Waals surface area contributed by atoms with E-state index in [1.165, 1.54) is 19.2 Å². The molecule has 6 rings (SSSR count). The molecule has 3 heterocycles. The van der Waals surface area contributed by atoms with Crippen molar-refractivity contribution in [3.63, 3.8) is 0 Å². The van der Waals surface area contributed by atoms with Gasteiger partial charge >= 0.3 is 5.97 Å². The van der Waals surface area contributed by atoms with Gasteiger partial charge in [0.2, 0.25) is 0 Å². The first-order valence-electron chi connectivity index (χ1n) is 11.3. The average molecular weight is 486 g/mol. The van der Waals surface area contributed by atoms with E-state index in [9.17, 15) is 9.90 Å². The number of aromatic carboxylic acids is 1. The van der Waals surface area contributed by atoms with Gasteiger partial charge < -0.3 is 10.1 Å². The van der Waals surface area contributed by atoms with Crippen molar-refractivity contribution in [2.45, 2.75) is 25.2 Å². The molecule has 0 amide bonds. The largest absolute Gasteiger partial charge is 0.478 e. The van der Waals surface area contributed by atoms with Crippen LogP contribution in [0.4, 0.5) is 0 Å². The summed E-state index contributed by atoms with van der Waals surface area (Å²) in [5.74, 6) is 0.461. The Morgan fingerprint density at radius 3 is 2.77 bits per heavy atom. The van der Waals surface area contributed by atoms with E-state index in [2.05, 4.69) is 20.5 Å². The molecule has 0 aliphatic heterocycles. The highest BCUT2D eigenvalue weighted by molar-refractivity contribution is 6.31. The number of fused-ring (bicyclic) bond motifs is 1. The van der Waals surface area contributed by atoms with Gasteiger partial charge in [-0.05, 0) is 65.2 Å². The predicted molar refractivity (Wildman–Crippen MR) is 130 cm³/mol. The molecule has 9 nitrogen and oxygen atoms in total. The highest BCUT2D eigenvalue weighted by Gasteiger charge is 2.30. The standard InChI is InChI=1S/C25H20ClN7O2/c26-17-5-8-23(33-13-28-31-32-33)18(11-17)16-4-6-20(27-12-16)19(9-14-1-2-14)24-29-21-7-3-15(25(34)35)10-22(21)30-24/h3-8,10-14,19H,1-2,9H2,(H,29,30)(H,34,35). The fourth-order valence-electron chi connectivity index (χ4n) is 4.37. The summed E-state index contributed by atoms with van der Waals surface area (Å²) in [6.45, 7) is 0. The molecular weight excluding hydrogens is 466 g/mol. The number of tetrazole rings is 1. The minimum atomic E-state index is -0.961. The van der Waals surface area contributed by atoms with Crippen LogP contribution in [0.25, 0.3) is 27.8 Å². The fraction of sp³-hybridized carbons (Fsp3) is 0.200. The Labute approximate surface area is 204 Å². The van der Waals surface area contributed by atoms with Gasteiger partial charge in [0.25, 0.3) is 0 Å². The molecule has 174 valence electrons. The third kappa shape index (κ3) is 4.26. The van der Waals surface area contributed by atoms with E-state index in [1.54, 1.807) is 28.9 Å². The molecule has 1 atom stereocenters. The molecule has 0 radical (unpaired) electrons. The van der Waals surface area contributed by atoms with E-state index >= 15 is 0 Å². The number of H-pyrrole nitrogens is 1. The van der Waals surface area contributed by atoms with E-state index < -0.39 is 5.97 Å². The fourth-order valence-corrected chi connectivity index (χ4v) is 4.54. The van der Waals surface area contributed by atoms with E-state index in [-0.39, 0.29) is 11.5 Å². The maximum absolute atomic E-state index is 11.4. The van der Waals surface area contributed by atoms with Gasteiger partial charge in [-0.25, -0.2) is 9.78 Å². The van der Waals surface area contributed by atoms with E-state index in [4.69, 9.17) is 21.6 Å². The van der Waals surface area contributed by atoms with Crippen LogP contribution >= 0.6 is 11.6 Å². The second-order valence-corrected chi connectivity index (χ2v) is 9.21. The number of pyridine rings is 1. The number of nitrogens with one attached hydrogen (secondary N) is 1. The average Bonchev–Trinajstić information content (AvgIpc) is 3.34. The summed E-state index contributed by atoms with van der Waals surface area (Å²) in [4.78, 5) is 24.3. The zero-order valence-corrected chi connectivity index (χ0v) is 19.2. The lowest BCUT2D eigenvalue weighted by atomic mass is 9.96. The molecular formula is C25H20ClN7O2. The molecule has 2 N–H and O–H groups in total. The quantitative estimate of drug-likeness (QED) is 0.336. The van der Waals surface area contributed by atoms with Crippen LogP contribution in [0, 0.1) is 5.92 Å². The number of nitrogens with zero attached hydrogens (tertiary/aromatic N) is 6. The van der Waals surface area contributed by atoms with Crippen molar-refractivity contribution in [2.24, 2.45) is 5.92 Å². The van der Waals surface area contributed by atoms with Crippen molar-refractivity contribution in [3.05, 3.63) is 83.2 Å². The number of carboxylic acid groups (broad SMARTS) is 1. The smallest absolute Gasteiger partial charge is 0.335 e. The van der Waals surface area contributed by atoms with Crippen LogP contribution in [0.2, 0.25) is 5.02 Å². The van der Waals surface area contributed by atoms with E-state index in [1.807, 2.05) is 30.5 Å². The Hall–Kier alpha value is -4.11. The number of benzene rings is 2. The van der Waals surface area contributed by atoms with Crippen molar-refractivity contribution >= 4 is 28.6 Å². The van der Waals surface area contributed by atoms with E-state index in [0.717, 1.165) is 40.3 Å². The number of carboxylic acids is 1. The first-order chi connectivity index (χ1) is 17.0. The number of halogens is 1. The summed E-state index contributed by atoms with van der Waals surface area (Å²) in [7, 11) is 0. The van der Waals surface area contributed by atoms with Crippen molar-refractivity contribution in [3.8, 4) is 16.8 Å². The number of aromatic amines is 1. The maximum Gasteiger partial charge on any atom is 0.335 e. The zero-order chi connectivity index (χ0) is 23.9. The molecule has 1 saturated carbocycles. The molecule has 0 bridgehead atoms. The molecule has 3 aromatic heterocycles. The van der Waals surface area contributed by atoms with Crippen LogP contribution in [0.5, 0.6) is 0 Å². The minimum Gasteiger partial charge on any atom is -0.478 e. The monoisotopic (exact) mass is 485 g/mol. The highest BCUT2D eigenvalue weighted by Crippen LogP contribution is 2.41. The summed E-state index contributed by atoms with van der Waals surface area (Å²) in [5.41, 5.74) is 5.15. The third-order valence-corrected chi connectivity index (χ3v) is 6.59. The molecule has 10 heteroatoms. The number of aromatic nitrogens is 7. The summed E-state index contributed by atoms with van der Waals surface area (Å²) in [6.07, 6.45) is 6.72. The number of hydrogen-bond acceptors (Lipinski definition) is 6. The van der Waals surface area contributed by atoms with Crippen LogP contribution in [-0.2, 0) is 0 Å². The second kappa shape index (κ2) is 8.59. The molecule has 1 aliphatic carbocycles. The van der Waals surface area contributed by atoms with Gasteiger partial charge in [0, 0.05) is 22.3 Å². The normalized spacial score (nSPS) is 14.3. The van der Waals surface area contributed by atoms with Crippen molar-refractivity contribution in [1.29, 1.82) is 0 Å². The second-order valence-electron chi connectivity index (χ2n) is 8.78. The van der Waals surface area contributed by atoms with Crippen LogP contribution in [-0.4, -0.2) is 46.2 Å². The van der Waals surface area contributed by atoms with E-state index in [0.29, 0.717) is 16.5 Å². The topological polar surface area (TPSA) is 122 Å². The van der Waals surface area contributed by atoms with Crippen LogP contribution < -0.4 is 0 Å². The molecule has 1 aliphatic rings. The number of hydrogen-bond donors (Lipinski definition) is 2. The first kappa shape index (κ1) is 21.4. The molecule has 5 aromatic rings. The van der Waals surface area contributed by atoms with Gasteiger partial charge in [-0.3, -0.25) is 4.98 Å². The minimum absolute atomic E-state index is 0.0180. The number of imidazole rings is 1. The third-order valence-electron chi connectivity index (χ3n) is 6.35. The predicted octanol–water partition coefficient (Wildman–Crippen LogP) is 4.88. The zero-order valence-electron chi connectivity index (χ0n) is 18.5. The van der Waals surface area contributed by atoms with Gasteiger partial charge in [-0.2, -0.15) is 4.68 Å². The van der Waals surface area contributed by atoms with Gasteiger partial charge in [-0.15, -0.1) is 5.10 Å². The summed E-state index contributed by atoms with van der Waals surface area (Å²) in [5, 5.41) is 21.4. The van der Waals surface area contributed by atoms with Gasteiger partial charge in [0.15, 0.2) is 0 Å².